The van der Waals surface area contributed by atoms with Crippen molar-refractivity contribution in [1.29, 1.82) is 0 Å². The maximum atomic E-state index is 10.8. The zero-order chi connectivity index (χ0) is 18.9. The molecule has 7 nitrogen and oxygen atoms in total. The van der Waals surface area contributed by atoms with Crippen molar-refractivity contribution in [3.8, 4) is 0 Å². The predicted octanol–water partition coefficient (Wildman–Crippen LogP) is 4.52. The quantitative estimate of drug-likeness (QED) is 0.598. The lowest BCUT2D eigenvalue weighted by Gasteiger charge is -2.30. The first kappa shape index (κ1) is 17.9. The van der Waals surface area contributed by atoms with Crippen LogP contribution in [-0.4, -0.2) is 21.5 Å². The average Bonchev–Trinajstić information content (AvgIpc) is 2.94. The van der Waals surface area contributed by atoms with Gasteiger partial charge in [0.1, 0.15) is 0 Å². The Morgan fingerprint density at radius 2 is 1.69 bits per heavy atom. The third kappa shape index (κ3) is 3.52. The van der Waals surface area contributed by atoms with Gasteiger partial charge in [0.05, 0.1) is 16.1 Å². The van der Waals surface area contributed by atoms with Gasteiger partial charge in [-0.3, -0.25) is 10.1 Å². The molecule has 1 fully saturated rings. The monoisotopic (exact) mass is 355 g/mol. The van der Waals surface area contributed by atoms with Crippen LogP contribution in [0.1, 0.15) is 33.3 Å². The van der Waals surface area contributed by atoms with E-state index in [1.54, 1.807) is 17.2 Å². The molecule has 3 rings (SSSR count). The highest BCUT2D eigenvalue weighted by molar-refractivity contribution is 5.78. The van der Waals surface area contributed by atoms with Crippen molar-refractivity contribution in [3.63, 3.8) is 0 Å². The van der Waals surface area contributed by atoms with E-state index in [0.29, 0.717) is 11.7 Å². The molecule has 0 N–H and O–H groups in total. The topological polar surface area (TPSA) is 77.2 Å². The van der Waals surface area contributed by atoms with Crippen LogP contribution in [0.4, 0.5) is 11.4 Å². The summed E-state index contributed by atoms with van der Waals surface area (Å²) in [5.41, 5.74) is 1.02. The summed E-state index contributed by atoms with van der Waals surface area (Å²) in [6.07, 6.45) is 0. The minimum atomic E-state index is -1.01. The molecule has 1 heterocycles. The number of non-ortho nitro benzene ring substituents is 1. The third-order valence-corrected chi connectivity index (χ3v) is 3.92. The SMILES string of the molecule is CC1(c2ccccc2)OC(=Nc2ccc([N+](=O)[O-])cc2)N(C(C)(C)C)O1. The number of nitro benzene ring substituents is 1. The number of aliphatic imine (C=N–C) groups is 1. The van der Waals surface area contributed by atoms with Crippen LogP contribution < -0.4 is 0 Å². The molecule has 26 heavy (non-hydrogen) atoms. The molecule has 1 aliphatic heterocycles. The molecule has 0 amide bonds. The molecule has 1 atom stereocenters. The van der Waals surface area contributed by atoms with Crippen LogP contribution in [0.2, 0.25) is 0 Å². The van der Waals surface area contributed by atoms with E-state index in [2.05, 4.69) is 4.99 Å². The Kier molecular flexibility index (Phi) is 4.41. The smallest absolute Gasteiger partial charge is 0.320 e. The lowest BCUT2D eigenvalue weighted by atomic mass is 10.1. The lowest BCUT2D eigenvalue weighted by molar-refractivity contribution is -0.384. The molecular formula is C19H21N3O4. The number of amidine groups is 1. The van der Waals surface area contributed by atoms with E-state index in [4.69, 9.17) is 9.57 Å². The fraction of sp³-hybridized carbons (Fsp3) is 0.316. The number of nitro groups is 1. The number of hydrogen-bond acceptors (Lipinski definition) is 5. The molecule has 7 heteroatoms. The molecule has 0 radical (unpaired) electrons. The van der Waals surface area contributed by atoms with Gasteiger partial charge in [-0.1, -0.05) is 30.3 Å². The molecule has 1 saturated heterocycles. The standard InChI is InChI=1S/C19H21N3O4/c1-18(2,3)21-17(20-15-10-12-16(13-11-15)22(23)24)25-19(4,26-21)14-8-6-5-7-9-14/h5-13H,1-4H3. The number of ether oxygens (including phenoxy) is 1. The summed E-state index contributed by atoms with van der Waals surface area (Å²) in [7, 11) is 0. The predicted molar refractivity (Wildman–Crippen MR) is 97.7 cm³/mol. The maximum absolute atomic E-state index is 10.8. The van der Waals surface area contributed by atoms with Gasteiger partial charge < -0.3 is 4.74 Å². The van der Waals surface area contributed by atoms with Crippen molar-refractivity contribution < 1.29 is 14.5 Å². The van der Waals surface area contributed by atoms with E-state index in [1.165, 1.54) is 12.1 Å². The van der Waals surface area contributed by atoms with Crippen molar-refractivity contribution in [2.75, 3.05) is 0 Å². The van der Waals surface area contributed by atoms with Crippen molar-refractivity contribution in [3.05, 3.63) is 70.3 Å². The Morgan fingerprint density at radius 1 is 1.08 bits per heavy atom. The van der Waals surface area contributed by atoms with Gasteiger partial charge >= 0.3 is 6.02 Å². The number of hydroxylamine groups is 2. The fourth-order valence-corrected chi connectivity index (χ4v) is 2.55. The summed E-state index contributed by atoms with van der Waals surface area (Å²) in [6, 6.07) is 15.9. The van der Waals surface area contributed by atoms with E-state index < -0.39 is 16.2 Å². The maximum Gasteiger partial charge on any atom is 0.320 e. The molecule has 2 aromatic carbocycles. The Bertz CT molecular complexity index is 828. The van der Waals surface area contributed by atoms with Gasteiger partial charge in [0.25, 0.3) is 11.5 Å². The highest BCUT2D eigenvalue weighted by atomic mass is 16.9. The molecule has 2 aromatic rings. The molecule has 0 aliphatic carbocycles. The first-order chi connectivity index (χ1) is 12.2. The summed E-state index contributed by atoms with van der Waals surface area (Å²) >= 11 is 0. The molecule has 0 aromatic heterocycles. The summed E-state index contributed by atoms with van der Waals surface area (Å²) in [5, 5.41) is 12.4. The van der Waals surface area contributed by atoms with Gasteiger partial charge in [-0.2, -0.15) is 10.1 Å². The minimum Gasteiger partial charge on any atom is -0.424 e. The van der Waals surface area contributed by atoms with Gasteiger partial charge in [-0.05, 0) is 32.9 Å². The molecule has 1 aliphatic rings. The first-order valence-electron chi connectivity index (χ1n) is 8.26. The van der Waals surface area contributed by atoms with Crippen molar-refractivity contribution in [2.24, 2.45) is 4.99 Å². The number of hydrogen-bond donors (Lipinski definition) is 0. The fourth-order valence-electron chi connectivity index (χ4n) is 2.55. The summed E-state index contributed by atoms with van der Waals surface area (Å²) in [5.74, 6) is -1.01. The summed E-state index contributed by atoms with van der Waals surface area (Å²) in [6.45, 7) is 7.79. The second-order valence-electron chi connectivity index (χ2n) is 7.14. The zero-order valence-corrected chi connectivity index (χ0v) is 15.2. The van der Waals surface area contributed by atoms with Crippen LogP contribution in [0, 0.1) is 10.1 Å². The Morgan fingerprint density at radius 3 is 2.23 bits per heavy atom. The van der Waals surface area contributed by atoms with E-state index in [-0.39, 0.29) is 5.69 Å². The third-order valence-electron chi connectivity index (χ3n) is 3.92. The van der Waals surface area contributed by atoms with E-state index in [9.17, 15) is 10.1 Å². The highest BCUT2D eigenvalue weighted by Gasteiger charge is 2.47. The minimum absolute atomic E-state index is 0.0133. The van der Waals surface area contributed by atoms with E-state index in [0.717, 1.165) is 5.56 Å². The Labute approximate surface area is 152 Å². The molecule has 136 valence electrons. The molecule has 1 unspecified atom stereocenters. The van der Waals surface area contributed by atoms with Gasteiger partial charge in [-0.15, -0.1) is 0 Å². The van der Waals surface area contributed by atoms with Gasteiger partial charge in [0.2, 0.25) is 0 Å². The highest BCUT2D eigenvalue weighted by Crippen LogP contribution is 2.38. The van der Waals surface area contributed by atoms with Crippen LogP contribution in [-0.2, 0) is 15.4 Å². The summed E-state index contributed by atoms with van der Waals surface area (Å²) in [4.78, 5) is 21.0. The van der Waals surface area contributed by atoms with Crippen LogP contribution in [0.15, 0.2) is 59.6 Å². The van der Waals surface area contributed by atoms with Crippen molar-refractivity contribution in [2.45, 2.75) is 39.0 Å². The van der Waals surface area contributed by atoms with Crippen LogP contribution in [0.25, 0.3) is 0 Å². The molecule has 0 saturated carbocycles. The van der Waals surface area contributed by atoms with Gasteiger partial charge in [-0.25, -0.2) is 4.84 Å². The van der Waals surface area contributed by atoms with Crippen LogP contribution in [0.5, 0.6) is 0 Å². The number of benzene rings is 2. The first-order valence-corrected chi connectivity index (χ1v) is 8.26. The normalized spacial score (nSPS) is 21.7. The molecule has 0 spiro atoms. The lowest BCUT2D eigenvalue weighted by Crippen LogP contribution is -2.42. The average molecular weight is 355 g/mol. The Hall–Kier alpha value is -2.93. The summed E-state index contributed by atoms with van der Waals surface area (Å²) < 4.78 is 6.08. The van der Waals surface area contributed by atoms with E-state index in [1.807, 2.05) is 58.0 Å². The second kappa shape index (κ2) is 6.42. The van der Waals surface area contributed by atoms with Gasteiger partial charge in [0, 0.05) is 24.6 Å². The largest absolute Gasteiger partial charge is 0.424 e. The molecular weight excluding hydrogens is 334 g/mol. The molecule has 0 bridgehead atoms. The van der Waals surface area contributed by atoms with Crippen molar-refractivity contribution in [1.82, 2.24) is 5.06 Å². The number of nitrogens with zero attached hydrogens (tertiary/aromatic N) is 3. The van der Waals surface area contributed by atoms with Gasteiger partial charge in [0.15, 0.2) is 0 Å². The van der Waals surface area contributed by atoms with Crippen LogP contribution >= 0.6 is 0 Å². The Balaban J connectivity index is 1.97. The van der Waals surface area contributed by atoms with Crippen LogP contribution in [0.3, 0.4) is 0 Å². The number of rotatable bonds is 3. The second-order valence-corrected chi connectivity index (χ2v) is 7.14. The zero-order valence-electron chi connectivity index (χ0n) is 15.2. The van der Waals surface area contributed by atoms with Crippen molar-refractivity contribution >= 4 is 17.4 Å². The van der Waals surface area contributed by atoms with E-state index >= 15 is 0 Å².